The maximum Gasteiger partial charge on any atom is 0.188 e. The number of aryl methyl sites for hydroxylation is 2. The SMILES string of the molecule is C=C(C)CN=C(N)NCCCc1cn(-c2ccccc2)nc1C. The zero-order valence-corrected chi connectivity index (χ0v) is 13.9. The zero-order chi connectivity index (χ0) is 16.7. The van der Waals surface area contributed by atoms with E-state index in [1.54, 1.807) is 0 Å². The van der Waals surface area contributed by atoms with Gasteiger partial charge in [0.2, 0.25) is 0 Å². The minimum atomic E-state index is 0.477. The van der Waals surface area contributed by atoms with E-state index in [0.717, 1.165) is 36.3 Å². The highest BCUT2D eigenvalue weighted by Gasteiger charge is 2.06. The topological polar surface area (TPSA) is 68.2 Å². The van der Waals surface area contributed by atoms with Crippen LogP contribution in [0, 0.1) is 6.92 Å². The number of hydrogen-bond donors (Lipinski definition) is 2. The molecule has 1 aromatic heterocycles. The number of rotatable bonds is 7. The van der Waals surface area contributed by atoms with E-state index >= 15 is 0 Å². The molecule has 0 atom stereocenters. The lowest BCUT2D eigenvalue weighted by atomic mass is 10.1. The molecule has 5 nitrogen and oxygen atoms in total. The average molecular weight is 311 g/mol. The van der Waals surface area contributed by atoms with E-state index < -0.39 is 0 Å². The third kappa shape index (κ3) is 5.29. The van der Waals surface area contributed by atoms with E-state index in [1.807, 2.05) is 36.7 Å². The molecule has 0 saturated heterocycles. The molecule has 0 saturated carbocycles. The lowest BCUT2D eigenvalue weighted by Gasteiger charge is -2.05. The quantitative estimate of drug-likeness (QED) is 0.357. The van der Waals surface area contributed by atoms with Gasteiger partial charge in [0.1, 0.15) is 0 Å². The van der Waals surface area contributed by atoms with Gasteiger partial charge in [-0.05, 0) is 44.4 Å². The Morgan fingerprint density at radius 1 is 1.35 bits per heavy atom. The van der Waals surface area contributed by atoms with Gasteiger partial charge in [0, 0.05) is 12.7 Å². The molecule has 0 aliphatic carbocycles. The van der Waals surface area contributed by atoms with Crippen LogP contribution in [-0.4, -0.2) is 28.8 Å². The van der Waals surface area contributed by atoms with Crippen LogP contribution in [-0.2, 0) is 6.42 Å². The highest BCUT2D eigenvalue weighted by Crippen LogP contribution is 2.13. The van der Waals surface area contributed by atoms with Crippen molar-refractivity contribution in [2.45, 2.75) is 26.7 Å². The summed E-state index contributed by atoms with van der Waals surface area (Å²) in [6.45, 7) is 9.15. The van der Waals surface area contributed by atoms with Gasteiger partial charge in [-0.25, -0.2) is 9.67 Å². The molecule has 0 aliphatic rings. The molecule has 3 N–H and O–H groups in total. The van der Waals surface area contributed by atoms with Gasteiger partial charge in [0.15, 0.2) is 5.96 Å². The van der Waals surface area contributed by atoms with Crippen molar-refractivity contribution in [1.82, 2.24) is 15.1 Å². The minimum Gasteiger partial charge on any atom is -0.370 e. The zero-order valence-electron chi connectivity index (χ0n) is 13.9. The number of aliphatic imine (C=N–C) groups is 1. The summed E-state index contributed by atoms with van der Waals surface area (Å²) < 4.78 is 1.93. The van der Waals surface area contributed by atoms with E-state index in [0.29, 0.717) is 12.5 Å². The highest BCUT2D eigenvalue weighted by atomic mass is 15.3. The number of nitrogens with zero attached hydrogens (tertiary/aromatic N) is 3. The number of guanidine groups is 1. The first kappa shape index (κ1) is 16.8. The fraction of sp³-hybridized carbons (Fsp3) is 0.333. The molecule has 0 bridgehead atoms. The van der Waals surface area contributed by atoms with Crippen LogP contribution < -0.4 is 11.1 Å². The summed E-state index contributed by atoms with van der Waals surface area (Å²) in [5.41, 5.74) is 10.2. The van der Waals surface area contributed by atoms with Gasteiger partial charge in [-0.15, -0.1) is 0 Å². The Hall–Kier alpha value is -2.56. The predicted molar refractivity (Wildman–Crippen MR) is 95.9 cm³/mol. The normalized spacial score (nSPS) is 11.5. The van der Waals surface area contributed by atoms with Crippen LogP contribution in [0.4, 0.5) is 0 Å². The largest absolute Gasteiger partial charge is 0.370 e. The van der Waals surface area contributed by atoms with Crippen molar-refractivity contribution < 1.29 is 0 Å². The summed E-state index contributed by atoms with van der Waals surface area (Å²) in [5.74, 6) is 0.477. The standard InChI is InChI=1S/C18H25N5/c1-14(2)12-21-18(19)20-11-7-8-16-13-23(22-15(16)3)17-9-5-4-6-10-17/h4-6,9-10,13H,1,7-8,11-12H2,2-3H3,(H3,19,20,21). The van der Waals surface area contributed by atoms with Crippen molar-refractivity contribution in [2.75, 3.05) is 13.1 Å². The van der Waals surface area contributed by atoms with Crippen LogP contribution in [0.3, 0.4) is 0 Å². The molecule has 0 radical (unpaired) electrons. The second kappa shape index (κ2) is 8.17. The Morgan fingerprint density at radius 3 is 2.78 bits per heavy atom. The predicted octanol–water partition coefficient (Wildman–Crippen LogP) is 2.59. The van der Waals surface area contributed by atoms with Gasteiger partial charge in [0.05, 0.1) is 17.9 Å². The van der Waals surface area contributed by atoms with E-state index in [9.17, 15) is 0 Å². The molecule has 2 rings (SSSR count). The molecular weight excluding hydrogens is 286 g/mol. The number of benzene rings is 1. The average Bonchev–Trinajstić information content (AvgIpc) is 2.91. The number of hydrogen-bond acceptors (Lipinski definition) is 2. The van der Waals surface area contributed by atoms with Gasteiger partial charge < -0.3 is 11.1 Å². The summed E-state index contributed by atoms with van der Waals surface area (Å²) in [4.78, 5) is 4.20. The summed E-state index contributed by atoms with van der Waals surface area (Å²) in [6, 6.07) is 10.1. The first-order valence-corrected chi connectivity index (χ1v) is 7.85. The van der Waals surface area contributed by atoms with Gasteiger partial charge >= 0.3 is 0 Å². The highest BCUT2D eigenvalue weighted by molar-refractivity contribution is 5.77. The van der Waals surface area contributed by atoms with Crippen LogP contribution >= 0.6 is 0 Å². The van der Waals surface area contributed by atoms with Gasteiger partial charge in [-0.3, -0.25) is 0 Å². The summed E-state index contributed by atoms with van der Waals surface area (Å²) in [5, 5.41) is 7.71. The first-order chi connectivity index (χ1) is 11.1. The molecule has 0 amide bonds. The van der Waals surface area contributed by atoms with Gasteiger partial charge in [-0.1, -0.05) is 30.4 Å². The maximum absolute atomic E-state index is 5.79. The van der Waals surface area contributed by atoms with Crippen molar-refractivity contribution in [1.29, 1.82) is 0 Å². The molecular formula is C18H25N5. The van der Waals surface area contributed by atoms with Crippen molar-refractivity contribution in [3.8, 4) is 5.69 Å². The fourth-order valence-electron chi connectivity index (χ4n) is 2.23. The number of aromatic nitrogens is 2. The molecule has 0 fully saturated rings. The third-order valence-electron chi connectivity index (χ3n) is 3.47. The van der Waals surface area contributed by atoms with Crippen LogP contribution in [0.25, 0.3) is 5.69 Å². The smallest absolute Gasteiger partial charge is 0.188 e. The van der Waals surface area contributed by atoms with Crippen LogP contribution in [0.2, 0.25) is 0 Å². The maximum atomic E-state index is 5.79. The molecule has 5 heteroatoms. The number of para-hydroxylation sites is 1. The molecule has 1 aromatic carbocycles. The molecule has 1 heterocycles. The second-order valence-corrected chi connectivity index (χ2v) is 5.71. The van der Waals surface area contributed by atoms with Crippen molar-refractivity contribution in [2.24, 2.45) is 10.7 Å². The minimum absolute atomic E-state index is 0.477. The monoisotopic (exact) mass is 311 g/mol. The Bertz CT molecular complexity index is 670. The molecule has 0 spiro atoms. The molecule has 0 aliphatic heterocycles. The van der Waals surface area contributed by atoms with Gasteiger partial charge in [-0.2, -0.15) is 5.10 Å². The summed E-state index contributed by atoms with van der Waals surface area (Å²) in [7, 11) is 0. The Kier molecular flexibility index (Phi) is 5.97. The van der Waals surface area contributed by atoms with E-state index in [-0.39, 0.29) is 0 Å². The number of nitrogens with two attached hydrogens (primary N) is 1. The summed E-state index contributed by atoms with van der Waals surface area (Å²) >= 11 is 0. The third-order valence-corrected chi connectivity index (χ3v) is 3.47. The Morgan fingerprint density at radius 2 is 2.09 bits per heavy atom. The van der Waals surface area contributed by atoms with Crippen LogP contribution in [0.1, 0.15) is 24.6 Å². The molecule has 0 unspecified atom stereocenters. The van der Waals surface area contributed by atoms with Crippen molar-refractivity contribution >= 4 is 5.96 Å². The van der Waals surface area contributed by atoms with E-state index in [2.05, 4.69) is 40.3 Å². The molecule has 2 aromatic rings. The second-order valence-electron chi connectivity index (χ2n) is 5.71. The van der Waals surface area contributed by atoms with Crippen LogP contribution in [0.15, 0.2) is 53.7 Å². The fourth-order valence-corrected chi connectivity index (χ4v) is 2.23. The van der Waals surface area contributed by atoms with E-state index in [4.69, 9.17) is 5.73 Å². The van der Waals surface area contributed by atoms with Crippen LogP contribution in [0.5, 0.6) is 0 Å². The molecule has 23 heavy (non-hydrogen) atoms. The number of nitrogens with one attached hydrogen (secondary N) is 1. The first-order valence-electron chi connectivity index (χ1n) is 7.85. The van der Waals surface area contributed by atoms with Crippen molar-refractivity contribution in [3.05, 3.63) is 59.9 Å². The van der Waals surface area contributed by atoms with Crippen molar-refractivity contribution in [3.63, 3.8) is 0 Å². The van der Waals surface area contributed by atoms with Gasteiger partial charge in [0.25, 0.3) is 0 Å². The summed E-state index contributed by atoms with van der Waals surface area (Å²) in [6.07, 6.45) is 4.03. The Balaban J connectivity index is 1.84. The molecule has 122 valence electrons. The lowest BCUT2D eigenvalue weighted by Crippen LogP contribution is -2.32. The Labute approximate surface area is 137 Å². The van der Waals surface area contributed by atoms with E-state index in [1.165, 1.54) is 5.56 Å². The lowest BCUT2D eigenvalue weighted by molar-refractivity contribution is 0.764.